The molecule has 0 bridgehead atoms. The highest BCUT2D eigenvalue weighted by molar-refractivity contribution is 5.81. The van der Waals surface area contributed by atoms with E-state index in [0.717, 1.165) is 26.2 Å². The molecule has 1 fully saturated rings. The summed E-state index contributed by atoms with van der Waals surface area (Å²) in [6.45, 7) is 6.25. The maximum Gasteiger partial charge on any atom is 0.312 e. The molecule has 7 nitrogen and oxygen atoms in total. The number of rotatable bonds is 5. The molecule has 0 aromatic carbocycles. The monoisotopic (exact) mass is 243 g/mol. The van der Waals surface area contributed by atoms with Crippen LogP contribution in [0.15, 0.2) is 0 Å². The highest BCUT2D eigenvalue weighted by Gasteiger charge is 2.21. The first kappa shape index (κ1) is 13.7. The Morgan fingerprint density at radius 2 is 1.88 bits per heavy atom. The van der Waals surface area contributed by atoms with Gasteiger partial charge in [-0.3, -0.25) is 9.69 Å². The van der Waals surface area contributed by atoms with E-state index in [0.29, 0.717) is 13.1 Å². The van der Waals surface area contributed by atoms with Crippen molar-refractivity contribution in [1.29, 1.82) is 0 Å². The molecule has 17 heavy (non-hydrogen) atoms. The van der Waals surface area contributed by atoms with E-state index < -0.39 is 6.03 Å². The first-order valence-electron chi connectivity index (χ1n) is 5.87. The molecule has 7 heteroatoms. The van der Waals surface area contributed by atoms with Crippen molar-refractivity contribution in [2.75, 3.05) is 39.3 Å². The smallest absolute Gasteiger partial charge is 0.312 e. The molecule has 98 valence electrons. The maximum atomic E-state index is 11.8. The van der Waals surface area contributed by atoms with Gasteiger partial charge in [0.1, 0.15) is 0 Å². The Labute approximate surface area is 101 Å². The Balaban J connectivity index is 2.19. The lowest BCUT2D eigenvalue weighted by molar-refractivity contribution is -0.126. The van der Waals surface area contributed by atoms with Gasteiger partial charge in [-0.2, -0.15) is 0 Å². The van der Waals surface area contributed by atoms with Crippen LogP contribution in [0, 0.1) is 0 Å². The van der Waals surface area contributed by atoms with Crippen LogP contribution < -0.4 is 21.7 Å². The fraction of sp³-hybridized carbons (Fsp3) is 0.800. The van der Waals surface area contributed by atoms with Crippen molar-refractivity contribution in [3.05, 3.63) is 0 Å². The lowest BCUT2D eigenvalue weighted by atomic mass is 10.2. The quantitative estimate of drug-likeness (QED) is 0.422. The Kier molecular flexibility index (Phi) is 5.71. The number of hydrogen-bond donors (Lipinski definition) is 4. The minimum atomic E-state index is -0.575. The SMILES string of the molecule is CC(C(=O)NCCNC(N)=O)N1CCNCC1. The van der Waals surface area contributed by atoms with Crippen LogP contribution in [0.2, 0.25) is 0 Å². The average molecular weight is 243 g/mol. The molecule has 0 aliphatic carbocycles. The summed E-state index contributed by atoms with van der Waals surface area (Å²) >= 11 is 0. The van der Waals surface area contributed by atoms with Crippen molar-refractivity contribution in [1.82, 2.24) is 20.9 Å². The third kappa shape index (κ3) is 5.01. The molecule has 0 aromatic heterocycles. The van der Waals surface area contributed by atoms with Crippen molar-refractivity contribution < 1.29 is 9.59 Å². The van der Waals surface area contributed by atoms with Crippen LogP contribution in [0.4, 0.5) is 4.79 Å². The molecular formula is C10H21N5O2. The number of hydrogen-bond acceptors (Lipinski definition) is 4. The van der Waals surface area contributed by atoms with Crippen molar-refractivity contribution >= 4 is 11.9 Å². The number of nitrogens with zero attached hydrogens (tertiary/aromatic N) is 1. The van der Waals surface area contributed by atoms with Crippen LogP contribution in [0.1, 0.15) is 6.92 Å². The van der Waals surface area contributed by atoms with Gasteiger partial charge in [0.05, 0.1) is 6.04 Å². The van der Waals surface area contributed by atoms with Crippen LogP contribution in [0.3, 0.4) is 0 Å². The van der Waals surface area contributed by atoms with Crippen LogP contribution in [0.5, 0.6) is 0 Å². The van der Waals surface area contributed by atoms with E-state index in [1.807, 2.05) is 6.92 Å². The van der Waals surface area contributed by atoms with E-state index in [9.17, 15) is 9.59 Å². The van der Waals surface area contributed by atoms with Gasteiger partial charge in [0.2, 0.25) is 5.91 Å². The topological polar surface area (TPSA) is 99.5 Å². The Hall–Kier alpha value is -1.34. The normalized spacial score (nSPS) is 18.4. The summed E-state index contributed by atoms with van der Waals surface area (Å²) in [6.07, 6.45) is 0. The first-order chi connectivity index (χ1) is 8.11. The zero-order valence-electron chi connectivity index (χ0n) is 10.2. The van der Waals surface area contributed by atoms with Crippen LogP contribution >= 0.6 is 0 Å². The molecule has 1 aliphatic rings. The molecule has 1 aliphatic heterocycles. The molecule has 1 rings (SSSR count). The molecule has 0 aromatic rings. The summed E-state index contributed by atoms with van der Waals surface area (Å²) in [6, 6.07) is -0.708. The first-order valence-corrected chi connectivity index (χ1v) is 5.87. The fourth-order valence-corrected chi connectivity index (χ4v) is 1.75. The van der Waals surface area contributed by atoms with Crippen LogP contribution in [-0.4, -0.2) is 62.1 Å². The number of carbonyl (C=O) groups excluding carboxylic acids is 2. The number of piperazine rings is 1. The molecule has 0 saturated carbocycles. The minimum Gasteiger partial charge on any atom is -0.353 e. The molecule has 1 atom stereocenters. The Morgan fingerprint density at radius 1 is 1.29 bits per heavy atom. The lowest BCUT2D eigenvalue weighted by Crippen LogP contribution is -2.53. The second-order valence-electron chi connectivity index (χ2n) is 4.04. The second kappa shape index (κ2) is 7.08. The molecular weight excluding hydrogens is 222 g/mol. The predicted octanol–water partition coefficient (Wildman–Crippen LogP) is -1.94. The number of urea groups is 1. The molecule has 3 amide bonds. The van der Waals surface area contributed by atoms with E-state index in [1.165, 1.54) is 0 Å². The highest BCUT2D eigenvalue weighted by atomic mass is 16.2. The number of nitrogens with two attached hydrogens (primary N) is 1. The molecule has 1 unspecified atom stereocenters. The molecule has 0 radical (unpaired) electrons. The third-order valence-corrected chi connectivity index (χ3v) is 2.80. The summed E-state index contributed by atoms with van der Waals surface area (Å²) in [7, 11) is 0. The predicted molar refractivity (Wildman–Crippen MR) is 64.5 cm³/mol. The van der Waals surface area contributed by atoms with E-state index in [-0.39, 0.29) is 11.9 Å². The van der Waals surface area contributed by atoms with Gasteiger partial charge >= 0.3 is 6.03 Å². The standard InChI is InChI=1S/C10H21N5O2/c1-8(15-6-4-12-5-7-15)9(16)13-2-3-14-10(11)17/h8,12H,2-7H2,1H3,(H,13,16)(H3,11,14,17). The summed E-state index contributed by atoms with van der Waals surface area (Å²) in [5.74, 6) is -0.0156. The zero-order chi connectivity index (χ0) is 12.7. The minimum absolute atomic E-state index is 0.0156. The van der Waals surface area contributed by atoms with Crippen LogP contribution in [-0.2, 0) is 4.79 Å². The molecule has 0 spiro atoms. The van der Waals surface area contributed by atoms with E-state index >= 15 is 0 Å². The summed E-state index contributed by atoms with van der Waals surface area (Å²) < 4.78 is 0. The summed E-state index contributed by atoms with van der Waals surface area (Å²) in [4.78, 5) is 24.3. The lowest BCUT2D eigenvalue weighted by Gasteiger charge is -2.31. The van der Waals surface area contributed by atoms with E-state index in [1.54, 1.807) is 0 Å². The number of carbonyl (C=O) groups is 2. The van der Waals surface area contributed by atoms with E-state index in [4.69, 9.17) is 5.73 Å². The molecule has 5 N–H and O–H groups in total. The van der Waals surface area contributed by atoms with Gasteiger partial charge in [-0.05, 0) is 6.92 Å². The number of nitrogens with one attached hydrogen (secondary N) is 3. The van der Waals surface area contributed by atoms with Gasteiger partial charge in [0.25, 0.3) is 0 Å². The largest absolute Gasteiger partial charge is 0.353 e. The average Bonchev–Trinajstić information content (AvgIpc) is 2.34. The van der Waals surface area contributed by atoms with Crippen molar-refractivity contribution in [3.63, 3.8) is 0 Å². The van der Waals surface area contributed by atoms with Crippen molar-refractivity contribution in [2.45, 2.75) is 13.0 Å². The van der Waals surface area contributed by atoms with Gasteiger partial charge in [-0.25, -0.2) is 4.79 Å². The van der Waals surface area contributed by atoms with Gasteiger partial charge in [0.15, 0.2) is 0 Å². The van der Waals surface area contributed by atoms with Gasteiger partial charge < -0.3 is 21.7 Å². The highest BCUT2D eigenvalue weighted by Crippen LogP contribution is 2.00. The fourth-order valence-electron chi connectivity index (χ4n) is 1.75. The van der Waals surface area contributed by atoms with Gasteiger partial charge in [-0.15, -0.1) is 0 Å². The van der Waals surface area contributed by atoms with Gasteiger partial charge in [0, 0.05) is 39.3 Å². The van der Waals surface area contributed by atoms with Crippen LogP contribution in [0.25, 0.3) is 0 Å². The zero-order valence-corrected chi connectivity index (χ0v) is 10.2. The number of primary amides is 1. The Bertz CT molecular complexity index is 265. The molecule has 1 heterocycles. The van der Waals surface area contributed by atoms with Gasteiger partial charge in [-0.1, -0.05) is 0 Å². The number of amides is 3. The van der Waals surface area contributed by atoms with Crippen molar-refractivity contribution in [2.24, 2.45) is 5.73 Å². The maximum absolute atomic E-state index is 11.8. The summed E-state index contributed by atoms with van der Waals surface area (Å²) in [5.41, 5.74) is 4.91. The third-order valence-electron chi connectivity index (χ3n) is 2.80. The second-order valence-corrected chi connectivity index (χ2v) is 4.04. The van der Waals surface area contributed by atoms with E-state index in [2.05, 4.69) is 20.9 Å². The van der Waals surface area contributed by atoms with Crippen molar-refractivity contribution in [3.8, 4) is 0 Å². The summed E-state index contributed by atoms with van der Waals surface area (Å²) in [5, 5.41) is 8.42. The Morgan fingerprint density at radius 3 is 2.47 bits per heavy atom. The molecule has 1 saturated heterocycles.